The second-order valence-electron chi connectivity index (χ2n) is 7.06. The van der Waals surface area contributed by atoms with Crippen LogP contribution >= 0.6 is 0 Å². The number of hydrogen-bond donors (Lipinski definition) is 1. The number of nitrogens with two attached hydrogens (primary N) is 1. The average Bonchev–Trinajstić information content (AvgIpc) is 3.26. The fraction of sp³-hybridized carbons (Fsp3) is 0.286. The molecule has 0 aromatic heterocycles. The van der Waals surface area contributed by atoms with Crippen molar-refractivity contribution < 1.29 is 17.9 Å². The van der Waals surface area contributed by atoms with Crippen molar-refractivity contribution in [1.82, 2.24) is 4.31 Å². The van der Waals surface area contributed by atoms with Gasteiger partial charge in [-0.05, 0) is 35.4 Å². The van der Waals surface area contributed by atoms with Crippen molar-refractivity contribution in [2.75, 3.05) is 44.3 Å². The van der Waals surface area contributed by atoms with Crippen LogP contribution in [0.25, 0.3) is 11.1 Å². The summed E-state index contributed by atoms with van der Waals surface area (Å²) >= 11 is 0. The SMILES string of the molecule is NC(=O)C1=CCN(S(=O)(=O)c2ccc(-c3ccc(N4CCOCC4)cc3)cc2)C1. The molecule has 0 radical (unpaired) electrons. The van der Waals surface area contributed by atoms with Gasteiger partial charge in [-0.15, -0.1) is 0 Å². The molecular formula is C21H23N3O4S. The number of ether oxygens (including phenoxy) is 1. The maximum absolute atomic E-state index is 12.8. The van der Waals surface area contributed by atoms with Crippen LogP contribution in [0.15, 0.2) is 65.1 Å². The number of nitrogens with zero attached hydrogens (tertiary/aromatic N) is 2. The molecule has 0 unspecified atom stereocenters. The molecule has 4 rings (SSSR count). The first-order valence-electron chi connectivity index (χ1n) is 9.47. The molecule has 8 heteroatoms. The van der Waals surface area contributed by atoms with E-state index >= 15 is 0 Å². The van der Waals surface area contributed by atoms with Gasteiger partial charge in [0.1, 0.15) is 0 Å². The van der Waals surface area contributed by atoms with Gasteiger partial charge in [0.15, 0.2) is 0 Å². The summed E-state index contributed by atoms with van der Waals surface area (Å²) in [5, 5.41) is 0. The number of rotatable bonds is 5. The summed E-state index contributed by atoms with van der Waals surface area (Å²) in [4.78, 5) is 13.7. The largest absolute Gasteiger partial charge is 0.378 e. The van der Waals surface area contributed by atoms with Crippen LogP contribution < -0.4 is 10.6 Å². The summed E-state index contributed by atoms with van der Waals surface area (Å²) in [6.45, 7) is 3.42. The monoisotopic (exact) mass is 413 g/mol. The molecule has 2 aromatic carbocycles. The fourth-order valence-corrected chi connectivity index (χ4v) is 4.91. The van der Waals surface area contributed by atoms with Crippen molar-refractivity contribution in [2.45, 2.75) is 4.90 Å². The lowest BCUT2D eigenvalue weighted by Crippen LogP contribution is -2.36. The lowest BCUT2D eigenvalue weighted by atomic mass is 10.1. The Kier molecular flexibility index (Phi) is 5.40. The molecular weight excluding hydrogens is 390 g/mol. The van der Waals surface area contributed by atoms with E-state index in [0.29, 0.717) is 5.57 Å². The van der Waals surface area contributed by atoms with Crippen molar-refractivity contribution in [3.05, 3.63) is 60.2 Å². The standard InChI is InChI=1S/C21H23N3O4S/c22-21(25)18-9-10-24(15-18)29(26,27)20-7-3-17(4-8-20)16-1-5-19(6-2-16)23-11-13-28-14-12-23/h1-9H,10-15H2,(H2,22,25). The summed E-state index contributed by atoms with van der Waals surface area (Å²) in [7, 11) is -3.67. The fourth-order valence-electron chi connectivity index (χ4n) is 3.55. The molecule has 1 fully saturated rings. The second kappa shape index (κ2) is 7.98. The van der Waals surface area contributed by atoms with Gasteiger partial charge in [-0.2, -0.15) is 4.31 Å². The molecule has 1 saturated heterocycles. The summed E-state index contributed by atoms with van der Waals surface area (Å²) in [5.41, 5.74) is 8.68. The highest BCUT2D eigenvalue weighted by Crippen LogP contribution is 2.27. The summed E-state index contributed by atoms with van der Waals surface area (Å²) < 4.78 is 32.2. The Balaban J connectivity index is 1.48. The average molecular weight is 413 g/mol. The van der Waals surface area contributed by atoms with Gasteiger partial charge >= 0.3 is 0 Å². The van der Waals surface area contributed by atoms with E-state index in [2.05, 4.69) is 17.0 Å². The third-order valence-electron chi connectivity index (χ3n) is 5.27. The Hall–Kier alpha value is -2.68. The van der Waals surface area contributed by atoms with E-state index < -0.39 is 15.9 Å². The van der Waals surface area contributed by atoms with Crippen LogP contribution in [-0.2, 0) is 19.6 Å². The van der Waals surface area contributed by atoms with E-state index in [9.17, 15) is 13.2 Å². The maximum atomic E-state index is 12.8. The third-order valence-corrected chi connectivity index (χ3v) is 7.10. The van der Waals surface area contributed by atoms with E-state index in [1.807, 2.05) is 12.1 Å². The van der Waals surface area contributed by atoms with Crippen LogP contribution in [0.2, 0.25) is 0 Å². The number of carbonyl (C=O) groups is 1. The molecule has 0 saturated carbocycles. The van der Waals surface area contributed by atoms with E-state index in [4.69, 9.17) is 10.5 Å². The Morgan fingerprint density at radius 2 is 1.52 bits per heavy atom. The quantitative estimate of drug-likeness (QED) is 0.804. The lowest BCUT2D eigenvalue weighted by molar-refractivity contribution is -0.114. The van der Waals surface area contributed by atoms with Gasteiger partial charge < -0.3 is 15.4 Å². The van der Waals surface area contributed by atoms with E-state index in [-0.39, 0.29) is 18.0 Å². The molecule has 0 atom stereocenters. The van der Waals surface area contributed by atoms with Gasteiger partial charge in [0.25, 0.3) is 0 Å². The molecule has 0 spiro atoms. The second-order valence-corrected chi connectivity index (χ2v) is 9.00. The van der Waals surface area contributed by atoms with Gasteiger partial charge in [0.05, 0.1) is 18.1 Å². The summed E-state index contributed by atoms with van der Waals surface area (Å²) in [5.74, 6) is -0.585. The molecule has 0 aliphatic carbocycles. The minimum atomic E-state index is -3.67. The van der Waals surface area contributed by atoms with E-state index in [0.717, 1.165) is 43.1 Å². The number of benzene rings is 2. The smallest absolute Gasteiger partial charge is 0.245 e. The number of sulfonamides is 1. The van der Waals surface area contributed by atoms with Crippen LogP contribution in [0.1, 0.15) is 0 Å². The maximum Gasteiger partial charge on any atom is 0.245 e. The van der Waals surface area contributed by atoms with Crippen LogP contribution in [0.4, 0.5) is 5.69 Å². The first-order chi connectivity index (χ1) is 13.9. The highest BCUT2D eigenvalue weighted by molar-refractivity contribution is 7.89. The van der Waals surface area contributed by atoms with Gasteiger partial charge in [0.2, 0.25) is 15.9 Å². The Labute approximate surface area is 170 Å². The first-order valence-corrected chi connectivity index (χ1v) is 10.9. The van der Waals surface area contributed by atoms with Crippen molar-refractivity contribution in [2.24, 2.45) is 5.73 Å². The Morgan fingerprint density at radius 3 is 2.07 bits per heavy atom. The van der Waals surface area contributed by atoms with Crippen molar-refractivity contribution in [3.63, 3.8) is 0 Å². The highest BCUT2D eigenvalue weighted by atomic mass is 32.2. The zero-order chi connectivity index (χ0) is 20.4. The molecule has 7 nitrogen and oxygen atoms in total. The minimum Gasteiger partial charge on any atom is -0.378 e. The Morgan fingerprint density at radius 1 is 0.931 bits per heavy atom. The number of morpholine rings is 1. The predicted octanol–water partition coefficient (Wildman–Crippen LogP) is 1.61. The van der Waals surface area contributed by atoms with Crippen LogP contribution in [-0.4, -0.2) is 58.0 Å². The van der Waals surface area contributed by atoms with Crippen molar-refractivity contribution in [1.29, 1.82) is 0 Å². The minimum absolute atomic E-state index is 0.0163. The third kappa shape index (κ3) is 4.05. The number of primary amides is 1. The van der Waals surface area contributed by atoms with Gasteiger partial charge in [-0.25, -0.2) is 8.42 Å². The molecule has 1 amide bonds. The number of carbonyl (C=O) groups excluding carboxylic acids is 1. The van der Waals surface area contributed by atoms with Crippen molar-refractivity contribution in [3.8, 4) is 11.1 Å². The lowest BCUT2D eigenvalue weighted by Gasteiger charge is -2.28. The molecule has 2 aliphatic rings. The number of hydrogen-bond acceptors (Lipinski definition) is 5. The molecule has 152 valence electrons. The summed E-state index contributed by atoms with van der Waals surface area (Å²) in [6, 6.07) is 15.0. The van der Waals surface area contributed by atoms with Gasteiger partial charge in [0, 0.05) is 37.4 Å². The zero-order valence-electron chi connectivity index (χ0n) is 16.0. The molecule has 29 heavy (non-hydrogen) atoms. The predicted molar refractivity (Wildman–Crippen MR) is 111 cm³/mol. The normalized spacial score (nSPS) is 17.9. The summed E-state index contributed by atoms with van der Waals surface area (Å²) in [6.07, 6.45) is 1.56. The first kappa shape index (κ1) is 19.6. The molecule has 2 N–H and O–H groups in total. The molecule has 2 heterocycles. The molecule has 2 aromatic rings. The molecule has 2 aliphatic heterocycles. The Bertz CT molecular complexity index is 1020. The van der Waals surface area contributed by atoms with Crippen LogP contribution in [0.3, 0.4) is 0 Å². The zero-order valence-corrected chi connectivity index (χ0v) is 16.8. The molecule has 0 bridgehead atoms. The highest BCUT2D eigenvalue weighted by Gasteiger charge is 2.29. The van der Waals surface area contributed by atoms with E-state index in [1.54, 1.807) is 30.3 Å². The number of amides is 1. The van der Waals surface area contributed by atoms with Gasteiger partial charge in [-0.3, -0.25) is 4.79 Å². The van der Waals surface area contributed by atoms with Crippen molar-refractivity contribution >= 4 is 21.6 Å². The topological polar surface area (TPSA) is 92.9 Å². The van der Waals surface area contributed by atoms with Crippen LogP contribution in [0, 0.1) is 0 Å². The van der Waals surface area contributed by atoms with Crippen LogP contribution in [0.5, 0.6) is 0 Å². The van der Waals surface area contributed by atoms with Gasteiger partial charge in [-0.1, -0.05) is 30.3 Å². The van der Waals surface area contributed by atoms with E-state index in [1.165, 1.54) is 4.31 Å². The number of anilines is 1.